The lowest BCUT2D eigenvalue weighted by atomic mass is 10.1. The van der Waals surface area contributed by atoms with E-state index < -0.39 is 0 Å². The Labute approximate surface area is 98.0 Å². The SMILES string of the molecule is O=C(CBr)Cc1cccc(F)c1I. The van der Waals surface area contributed by atoms with Gasteiger partial charge in [0.05, 0.1) is 8.90 Å². The number of rotatable bonds is 3. The molecule has 0 atom stereocenters. The molecule has 0 amide bonds. The van der Waals surface area contributed by atoms with E-state index in [4.69, 9.17) is 0 Å². The molecule has 0 aromatic heterocycles. The minimum Gasteiger partial charge on any atom is -0.298 e. The van der Waals surface area contributed by atoms with E-state index in [9.17, 15) is 9.18 Å². The van der Waals surface area contributed by atoms with Gasteiger partial charge in [0.15, 0.2) is 0 Å². The van der Waals surface area contributed by atoms with Gasteiger partial charge in [-0.3, -0.25) is 4.79 Å². The lowest BCUT2D eigenvalue weighted by Gasteiger charge is -2.02. The molecule has 0 aliphatic carbocycles. The van der Waals surface area contributed by atoms with Crippen LogP contribution in [-0.2, 0) is 11.2 Å². The van der Waals surface area contributed by atoms with Crippen molar-refractivity contribution in [3.05, 3.63) is 33.1 Å². The van der Waals surface area contributed by atoms with Crippen LogP contribution in [0.4, 0.5) is 4.39 Å². The molecule has 0 spiro atoms. The smallest absolute Gasteiger partial charge is 0.147 e. The fraction of sp³-hybridized carbons (Fsp3) is 0.222. The van der Waals surface area contributed by atoms with Crippen LogP contribution in [0.1, 0.15) is 5.56 Å². The molecule has 4 heteroatoms. The van der Waals surface area contributed by atoms with Crippen LogP contribution in [0.25, 0.3) is 0 Å². The summed E-state index contributed by atoms with van der Waals surface area (Å²) in [7, 11) is 0. The van der Waals surface area contributed by atoms with Gasteiger partial charge >= 0.3 is 0 Å². The lowest BCUT2D eigenvalue weighted by Crippen LogP contribution is -2.05. The molecule has 0 unspecified atom stereocenters. The molecule has 1 rings (SSSR count). The standard InChI is InChI=1S/C9H7BrFIO/c10-5-7(13)4-6-2-1-3-8(11)9(6)12/h1-3H,4-5H2. The summed E-state index contributed by atoms with van der Waals surface area (Å²) >= 11 is 4.98. The van der Waals surface area contributed by atoms with Crippen molar-refractivity contribution in [1.82, 2.24) is 0 Å². The van der Waals surface area contributed by atoms with E-state index in [0.717, 1.165) is 5.56 Å². The first kappa shape index (κ1) is 11.1. The summed E-state index contributed by atoms with van der Waals surface area (Å²) in [5.41, 5.74) is 0.755. The topological polar surface area (TPSA) is 17.1 Å². The Kier molecular flexibility index (Phi) is 4.31. The molecule has 1 aromatic carbocycles. The second-order valence-corrected chi connectivity index (χ2v) is 4.20. The Morgan fingerprint density at radius 3 is 2.85 bits per heavy atom. The summed E-state index contributed by atoms with van der Waals surface area (Å²) in [5.74, 6) is -0.205. The van der Waals surface area contributed by atoms with Crippen molar-refractivity contribution in [2.24, 2.45) is 0 Å². The fourth-order valence-electron chi connectivity index (χ4n) is 0.945. The van der Waals surface area contributed by atoms with Gasteiger partial charge in [-0.2, -0.15) is 0 Å². The van der Waals surface area contributed by atoms with Crippen LogP contribution < -0.4 is 0 Å². The Morgan fingerprint density at radius 2 is 2.23 bits per heavy atom. The van der Waals surface area contributed by atoms with Crippen molar-refractivity contribution in [3.8, 4) is 0 Å². The highest BCUT2D eigenvalue weighted by Gasteiger charge is 2.08. The second-order valence-electron chi connectivity index (χ2n) is 2.56. The van der Waals surface area contributed by atoms with E-state index in [2.05, 4.69) is 15.9 Å². The van der Waals surface area contributed by atoms with Crippen LogP contribution in [0.5, 0.6) is 0 Å². The van der Waals surface area contributed by atoms with Crippen LogP contribution in [0.2, 0.25) is 0 Å². The van der Waals surface area contributed by atoms with Gasteiger partial charge in [0.25, 0.3) is 0 Å². The number of carbonyl (C=O) groups is 1. The number of Topliss-reactive ketones (excluding diaryl/α,β-unsaturated/α-hetero) is 1. The molecular formula is C9H7BrFIO. The van der Waals surface area contributed by atoms with Crippen molar-refractivity contribution in [2.45, 2.75) is 6.42 Å². The zero-order valence-electron chi connectivity index (χ0n) is 6.69. The molecule has 0 bridgehead atoms. The molecule has 70 valence electrons. The molecule has 0 saturated carbocycles. The second kappa shape index (κ2) is 5.05. The van der Waals surface area contributed by atoms with Crippen molar-refractivity contribution in [1.29, 1.82) is 0 Å². The maximum Gasteiger partial charge on any atom is 0.147 e. The normalized spacial score (nSPS) is 10.1. The average Bonchev–Trinajstić information content (AvgIpc) is 2.13. The number of hydrogen-bond acceptors (Lipinski definition) is 1. The van der Waals surface area contributed by atoms with Gasteiger partial charge in [0.1, 0.15) is 11.6 Å². The highest BCUT2D eigenvalue weighted by atomic mass is 127. The summed E-state index contributed by atoms with van der Waals surface area (Å²) in [5, 5.41) is 0.319. The lowest BCUT2D eigenvalue weighted by molar-refractivity contribution is -0.115. The molecule has 1 nitrogen and oxygen atoms in total. The number of ketones is 1. The first-order valence-electron chi connectivity index (χ1n) is 3.65. The summed E-state index contributed by atoms with van der Waals surface area (Å²) < 4.78 is 13.5. The maximum absolute atomic E-state index is 13.0. The van der Waals surface area contributed by atoms with E-state index in [-0.39, 0.29) is 11.6 Å². The number of alkyl halides is 1. The minimum atomic E-state index is -0.263. The van der Waals surface area contributed by atoms with E-state index in [1.165, 1.54) is 6.07 Å². The van der Waals surface area contributed by atoms with Crippen LogP contribution in [0, 0.1) is 9.39 Å². The molecule has 13 heavy (non-hydrogen) atoms. The summed E-state index contributed by atoms with van der Waals surface area (Å²) in [6.07, 6.45) is 0.293. The van der Waals surface area contributed by atoms with Gasteiger partial charge in [-0.25, -0.2) is 4.39 Å². The average molecular weight is 357 g/mol. The fourth-order valence-corrected chi connectivity index (χ4v) is 1.69. The third-order valence-electron chi connectivity index (χ3n) is 1.57. The van der Waals surface area contributed by atoms with Crippen LogP contribution in [0.3, 0.4) is 0 Å². The monoisotopic (exact) mass is 356 g/mol. The highest BCUT2D eigenvalue weighted by Crippen LogP contribution is 2.16. The van der Waals surface area contributed by atoms with Crippen LogP contribution >= 0.6 is 38.5 Å². The van der Waals surface area contributed by atoms with Gasteiger partial charge < -0.3 is 0 Å². The largest absolute Gasteiger partial charge is 0.298 e. The number of halogens is 3. The summed E-state index contributed by atoms with van der Waals surface area (Å²) in [6, 6.07) is 4.78. The summed E-state index contributed by atoms with van der Waals surface area (Å²) in [6.45, 7) is 0. The Morgan fingerprint density at radius 1 is 1.54 bits per heavy atom. The zero-order chi connectivity index (χ0) is 9.84. The summed E-state index contributed by atoms with van der Waals surface area (Å²) in [4.78, 5) is 11.1. The van der Waals surface area contributed by atoms with Gasteiger partial charge in [-0.1, -0.05) is 28.1 Å². The zero-order valence-corrected chi connectivity index (χ0v) is 10.4. The third kappa shape index (κ3) is 3.02. The van der Waals surface area contributed by atoms with Crippen LogP contribution in [0.15, 0.2) is 18.2 Å². The number of benzene rings is 1. The molecule has 0 aliphatic rings. The molecule has 0 heterocycles. The van der Waals surface area contributed by atoms with Crippen molar-refractivity contribution in [2.75, 3.05) is 5.33 Å². The first-order valence-corrected chi connectivity index (χ1v) is 5.85. The first-order chi connectivity index (χ1) is 6.15. The van der Waals surface area contributed by atoms with Crippen molar-refractivity contribution >= 4 is 44.3 Å². The van der Waals surface area contributed by atoms with E-state index in [0.29, 0.717) is 15.3 Å². The van der Waals surface area contributed by atoms with Gasteiger partial charge in [-0.15, -0.1) is 0 Å². The third-order valence-corrected chi connectivity index (χ3v) is 3.40. The highest BCUT2D eigenvalue weighted by molar-refractivity contribution is 14.1. The number of carbonyl (C=O) groups excluding carboxylic acids is 1. The van der Waals surface area contributed by atoms with Gasteiger partial charge in [0.2, 0.25) is 0 Å². The predicted molar refractivity (Wildman–Crippen MR) is 61.6 cm³/mol. The molecule has 0 fully saturated rings. The van der Waals surface area contributed by atoms with Gasteiger partial charge in [0, 0.05) is 6.42 Å². The molecule has 1 aromatic rings. The van der Waals surface area contributed by atoms with Crippen LogP contribution in [-0.4, -0.2) is 11.1 Å². The van der Waals surface area contributed by atoms with E-state index in [1.54, 1.807) is 12.1 Å². The Hall–Kier alpha value is 0.0300. The minimum absolute atomic E-state index is 0.0588. The molecule has 0 saturated heterocycles. The molecule has 0 radical (unpaired) electrons. The number of hydrogen-bond donors (Lipinski definition) is 0. The molecule has 0 aliphatic heterocycles. The Bertz CT molecular complexity index is 327. The van der Waals surface area contributed by atoms with Crippen molar-refractivity contribution in [3.63, 3.8) is 0 Å². The molecule has 0 N–H and O–H groups in total. The van der Waals surface area contributed by atoms with Gasteiger partial charge in [-0.05, 0) is 34.2 Å². The predicted octanol–water partition coefficient (Wildman–Crippen LogP) is 2.94. The maximum atomic E-state index is 13.0. The van der Waals surface area contributed by atoms with E-state index >= 15 is 0 Å². The molecular weight excluding hydrogens is 350 g/mol. The Balaban J connectivity index is 2.89. The quantitative estimate of drug-likeness (QED) is 0.601. The van der Waals surface area contributed by atoms with Crippen molar-refractivity contribution < 1.29 is 9.18 Å². The van der Waals surface area contributed by atoms with E-state index in [1.807, 2.05) is 22.6 Å².